The zero-order chi connectivity index (χ0) is 20.6. The highest BCUT2D eigenvalue weighted by Gasteiger charge is 2.23. The van der Waals surface area contributed by atoms with Crippen molar-refractivity contribution in [1.29, 1.82) is 0 Å². The third-order valence-electron chi connectivity index (χ3n) is 4.99. The molecule has 1 aromatic heterocycles. The molecule has 8 heteroatoms. The lowest BCUT2D eigenvalue weighted by molar-refractivity contribution is 0.0170. The lowest BCUT2D eigenvalue weighted by Gasteiger charge is -2.35. The zero-order valence-corrected chi connectivity index (χ0v) is 18.2. The first-order chi connectivity index (χ1) is 14.1. The van der Waals surface area contributed by atoms with Gasteiger partial charge in [0.1, 0.15) is 10.8 Å². The zero-order valence-electron chi connectivity index (χ0n) is 17.4. The van der Waals surface area contributed by atoms with Crippen LogP contribution < -0.4 is 10.6 Å². The smallest absolute Gasteiger partial charge is 0.191 e. The standard InChI is InChI=1S/C21H30FN5OS/c1-4-23-21(25-14-20-26-15(2)16(3)29-20)24-13-19(27-9-11-28-12-10-27)17-5-7-18(22)8-6-17/h5-8,19H,4,9-14H2,1-3H3,(H2,23,24,25). The maximum Gasteiger partial charge on any atom is 0.191 e. The molecule has 2 heterocycles. The maximum absolute atomic E-state index is 13.4. The fourth-order valence-corrected chi connectivity index (χ4v) is 4.18. The van der Waals surface area contributed by atoms with Crippen molar-refractivity contribution in [2.75, 3.05) is 39.4 Å². The molecule has 1 aliphatic rings. The molecule has 0 bridgehead atoms. The van der Waals surface area contributed by atoms with Gasteiger partial charge in [0.2, 0.25) is 0 Å². The maximum atomic E-state index is 13.4. The number of aromatic nitrogens is 1. The number of aryl methyl sites for hydroxylation is 2. The van der Waals surface area contributed by atoms with E-state index in [-0.39, 0.29) is 11.9 Å². The van der Waals surface area contributed by atoms with Crippen LogP contribution in [0.5, 0.6) is 0 Å². The molecule has 1 fully saturated rings. The summed E-state index contributed by atoms with van der Waals surface area (Å²) < 4.78 is 18.9. The number of halogens is 1. The minimum absolute atomic E-state index is 0.118. The van der Waals surface area contributed by atoms with Crippen LogP contribution in [0.2, 0.25) is 0 Å². The van der Waals surface area contributed by atoms with Gasteiger partial charge in [0.15, 0.2) is 5.96 Å². The molecule has 2 aromatic rings. The third-order valence-corrected chi connectivity index (χ3v) is 6.05. The summed E-state index contributed by atoms with van der Waals surface area (Å²) in [5, 5.41) is 7.78. The van der Waals surface area contributed by atoms with Crippen LogP contribution in [-0.2, 0) is 11.3 Å². The van der Waals surface area contributed by atoms with E-state index in [1.165, 1.54) is 17.0 Å². The molecular weight excluding hydrogens is 389 g/mol. The monoisotopic (exact) mass is 419 g/mol. The highest BCUT2D eigenvalue weighted by Crippen LogP contribution is 2.22. The van der Waals surface area contributed by atoms with Crippen LogP contribution >= 0.6 is 11.3 Å². The first-order valence-corrected chi connectivity index (χ1v) is 10.9. The van der Waals surface area contributed by atoms with Crippen molar-refractivity contribution in [2.24, 2.45) is 4.99 Å². The second-order valence-corrected chi connectivity index (χ2v) is 8.33. The lowest BCUT2D eigenvalue weighted by atomic mass is 10.0. The molecule has 0 radical (unpaired) electrons. The molecule has 0 aliphatic carbocycles. The number of nitrogens with one attached hydrogen (secondary N) is 2. The Hall–Kier alpha value is -2.03. The predicted octanol–water partition coefficient (Wildman–Crippen LogP) is 3.03. The van der Waals surface area contributed by atoms with Crippen LogP contribution in [0.3, 0.4) is 0 Å². The molecule has 1 atom stereocenters. The van der Waals surface area contributed by atoms with Crippen LogP contribution in [-0.4, -0.2) is 55.2 Å². The molecule has 1 aliphatic heterocycles. The Balaban J connectivity index is 1.70. The Bertz CT molecular complexity index is 782. The number of hydrogen-bond donors (Lipinski definition) is 2. The van der Waals surface area contributed by atoms with Gasteiger partial charge in [-0.1, -0.05) is 12.1 Å². The second-order valence-electron chi connectivity index (χ2n) is 7.04. The van der Waals surface area contributed by atoms with E-state index in [1.54, 1.807) is 11.3 Å². The molecule has 0 amide bonds. The Morgan fingerprint density at radius 3 is 2.59 bits per heavy atom. The summed E-state index contributed by atoms with van der Waals surface area (Å²) >= 11 is 1.69. The van der Waals surface area contributed by atoms with Gasteiger partial charge >= 0.3 is 0 Å². The van der Waals surface area contributed by atoms with Gasteiger partial charge in [-0.2, -0.15) is 0 Å². The highest BCUT2D eigenvalue weighted by atomic mass is 32.1. The largest absolute Gasteiger partial charge is 0.379 e. The Labute approximate surface area is 176 Å². The van der Waals surface area contributed by atoms with Gasteiger partial charge in [0, 0.05) is 31.1 Å². The van der Waals surface area contributed by atoms with E-state index in [0.29, 0.717) is 26.3 Å². The summed E-state index contributed by atoms with van der Waals surface area (Å²) in [5.74, 6) is 0.546. The van der Waals surface area contributed by atoms with Crippen molar-refractivity contribution in [3.05, 3.63) is 51.2 Å². The molecule has 29 heavy (non-hydrogen) atoms. The van der Waals surface area contributed by atoms with E-state index in [0.717, 1.165) is 41.9 Å². The minimum atomic E-state index is -0.216. The SMILES string of the molecule is CCNC(=NCc1nc(C)c(C)s1)NCC(c1ccc(F)cc1)N1CCOCC1. The molecule has 3 rings (SSSR count). The highest BCUT2D eigenvalue weighted by molar-refractivity contribution is 7.11. The van der Waals surface area contributed by atoms with Crippen molar-refractivity contribution in [3.8, 4) is 0 Å². The summed E-state index contributed by atoms with van der Waals surface area (Å²) in [6.07, 6.45) is 0. The molecule has 6 nitrogen and oxygen atoms in total. The lowest BCUT2D eigenvalue weighted by Crippen LogP contribution is -2.46. The molecule has 0 saturated carbocycles. The van der Waals surface area contributed by atoms with E-state index in [1.807, 2.05) is 26.0 Å². The molecule has 158 valence electrons. The number of ether oxygens (including phenoxy) is 1. The first-order valence-electron chi connectivity index (χ1n) is 10.1. The Morgan fingerprint density at radius 2 is 1.97 bits per heavy atom. The molecule has 1 aromatic carbocycles. The summed E-state index contributed by atoms with van der Waals surface area (Å²) in [5.41, 5.74) is 2.16. The third kappa shape index (κ3) is 6.22. The number of morpholine rings is 1. The van der Waals surface area contributed by atoms with Gasteiger partial charge in [0.25, 0.3) is 0 Å². The van der Waals surface area contributed by atoms with Crippen molar-refractivity contribution in [1.82, 2.24) is 20.5 Å². The fraction of sp³-hybridized carbons (Fsp3) is 0.524. The summed E-state index contributed by atoms with van der Waals surface area (Å²) in [6.45, 7) is 11.3. The van der Waals surface area contributed by atoms with Gasteiger partial charge in [-0.3, -0.25) is 4.90 Å². The summed E-state index contributed by atoms with van der Waals surface area (Å²) in [7, 11) is 0. The topological polar surface area (TPSA) is 61.8 Å². The number of hydrogen-bond acceptors (Lipinski definition) is 5. The number of nitrogens with zero attached hydrogens (tertiary/aromatic N) is 3. The second kappa shape index (κ2) is 10.7. The van der Waals surface area contributed by atoms with Crippen LogP contribution in [0, 0.1) is 19.7 Å². The Kier molecular flexibility index (Phi) is 7.97. The first kappa shape index (κ1) is 21.7. The van der Waals surface area contributed by atoms with Crippen LogP contribution in [0.4, 0.5) is 4.39 Å². The summed E-state index contributed by atoms with van der Waals surface area (Å²) in [4.78, 5) is 12.9. The average Bonchev–Trinajstić information content (AvgIpc) is 3.05. The van der Waals surface area contributed by atoms with Gasteiger partial charge < -0.3 is 15.4 Å². The number of rotatable bonds is 7. The number of thiazole rings is 1. The van der Waals surface area contributed by atoms with Gasteiger partial charge in [-0.25, -0.2) is 14.4 Å². The number of benzene rings is 1. The number of aliphatic imine (C=N–C) groups is 1. The molecule has 1 unspecified atom stereocenters. The fourth-order valence-electron chi connectivity index (χ4n) is 3.32. The predicted molar refractivity (Wildman–Crippen MR) is 116 cm³/mol. The van der Waals surface area contributed by atoms with E-state index in [9.17, 15) is 4.39 Å². The van der Waals surface area contributed by atoms with Crippen LogP contribution in [0.1, 0.15) is 34.1 Å². The van der Waals surface area contributed by atoms with Crippen LogP contribution in [0.25, 0.3) is 0 Å². The van der Waals surface area contributed by atoms with E-state index in [2.05, 4.69) is 27.4 Å². The minimum Gasteiger partial charge on any atom is -0.379 e. The van der Waals surface area contributed by atoms with Crippen LogP contribution in [0.15, 0.2) is 29.3 Å². The number of guanidine groups is 1. The molecule has 0 spiro atoms. The van der Waals surface area contributed by atoms with E-state index >= 15 is 0 Å². The van der Waals surface area contributed by atoms with Gasteiger partial charge in [-0.15, -0.1) is 11.3 Å². The normalized spacial score (nSPS) is 16.6. The van der Waals surface area contributed by atoms with Crippen molar-refractivity contribution < 1.29 is 9.13 Å². The van der Waals surface area contributed by atoms with Gasteiger partial charge in [0.05, 0.1) is 31.5 Å². The molecule has 2 N–H and O–H groups in total. The summed E-state index contributed by atoms with van der Waals surface area (Å²) in [6, 6.07) is 6.89. The average molecular weight is 420 g/mol. The molecule has 1 saturated heterocycles. The van der Waals surface area contributed by atoms with Crippen molar-refractivity contribution in [2.45, 2.75) is 33.4 Å². The van der Waals surface area contributed by atoms with Crippen molar-refractivity contribution in [3.63, 3.8) is 0 Å². The van der Waals surface area contributed by atoms with Crippen molar-refractivity contribution >= 4 is 17.3 Å². The van der Waals surface area contributed by atoms with E-state index < -0.39 is 0 Å². The van der Waals surface area contributed by atoms with Gasteiger partial charge in [-0.05, 0) is 38.5 Å². The van der Waals surface area contributed by atoms with E-state index in [4.69, 9.17) is 9.73 Å². The molecular formula is C21H30FN5OS. The quantitative estimate of drug-likeness (QED) is 0.534. The Morgan fingerprint density at radius 1 is 1.24 bits per heavy atom.